The first-order chi connectivity index (χ1) is 9.38. The zero-order valence-electron chi connectivity index (χ0n) is 13.4. The molecule has 3 heteroatoms. The SMILES string of the molecule is CCCNCC(Cc1ccc(OC)c(F)c1)C(C)(C)C. The van der Waals surface area contributed by atoms with Crippen LogP contribution in [0.2, 0.25) is 0 Å². The molecule has 1 atom stereocenters. The van der Waals surface area contributed by atoms with Crippen LogP contribution >= 0.6 is 0 Å². The highest BCUT2D eigenvalue weighted by Gasteiger charge is 2.24. The minimum atomic E-state index is -0.279. The van der Waals surface area contributed by atoms with E-state index < -0.39 is 0 Å². The summed E-state index contributed by atoms with van der Waals surface area (Å²) < 4.78 is 18.7. The van der Waals surface area contributed by atoms with Crippen LogP contribution in [0.25, 0.3) is 0 Å². The minimum absolute atomic E-state index is 0.192. The molecule has 1 N–H and O–H groups in total. The van der Waals surface area contributed by atoms with Gasteiger partial charge in [0.25, 0.3) is 0 Å². The molecule has 1 unspecified atom stereocenters. The van der Waals surface area contributed by atoms with Crippen LogP contribution in [0.4, 0.5) is 4.39 Å². The third-order valence-corrected chi connectivity index (χ3v) is 3.74. The van der Waals surface area contributed by atoms with Crippen molar-refractivity contribution in [1.82, 2.24) is 5.32 Å². The maximum atomic E-state index is 13.8. The summed E-state index contributed by atoms with van der Waals surface area (Å²) >= 11 is 0. The van der Waals surface area contributed by atoms with Crippen LogP contribution < -0.4 is 10.1 Å². The Bertz CT molecular complexity index is 412. The van der Waals surface area contributed by atoms with E-state index in [9.17, 15) is 4.39 Å². The molecule has 0 heterocycles. The summed E-state index contributed by atoms with van der Waals surface area (Å²) in [5.74, 6) is 0.506. The van der Waals surface area contributed by atoms with E-state index in [1.165, 1.54) is 7.11 Å². The summed E-state index contributed by atoms with van der Waals surface area (Å²) in [6, 6.07) is 5.27. The quantitative estimate of drug-likeness (QED) is 0.762. The van der Waals surface area contributed by atoms with E-state index >= 15 is 0 Å². The van der Waals surface area contributed by atoms with Crippen molar-refractivity contribution in [2.45, 2.75) is 40.5 Å². The van der Waals surface area contributed by atoms with Gasteiger partial charge in [-0.15, -0.1) is 0 Å². The summed E-state index contributed by atoms with van der Waals surface area (Å²) in [6.45, 7) is 10.9. The minimum Gasteiger partial charge on any atom is -0.494 e. The number of nitrogens with one attached hydrogen (secondary N) is 1. The Hall–Kier alpha value is -1.09. The molecule has 0 aromatic heterocycles. The molecule has 1 aromatic carbocycles. The Balaban J connectivity index is 2.76. The average Bonchev–Trinajstić information content (AvgIpc) is 2.37. The van der Waals surface area contributed by atoms with Gasteiger partial charge in [-0.3, -0.25) is 0 Å². The molecule has 2 nitrogen and oxygen atoms in total. The Morgan fingerprint density at radius 3 is 2.50 bits per heavy atom. The van der Waals surface area contributed by atoms with Crippen molar-refractivity contribution in [2.24, 2.45) is 11.3 Å². The van der Waals surface area contributed by atoms with Crippen LogP contribution in [0.3, 0.4) is 0 Å². The molecule has 0 aliphatic heterocycles. The number of hydrogen-bond acceptors (Lipinski definition) is 2. The lowest BCUT2D eigenvalue weighted by Crippen LogP contribution is -2.33. The summed E-state index contributed by atoms with van der Waals surface area (Å²) in [5.41, 5.74) is 1.22. The Labute approximate surface area is 122 Å². The zero-order valence-corrected chi connectivity index (χ0v) is 13.4. The highest BCUT2D eigenvalue weighted by molar-refractivity contribution is 5.29. The highest BCUT2D eigenvalue weighted by atomic mass is 19.1. The van der Waals surface area contributed by atoms with Crippen molar-refractivity contribution in [1.29, 1.82) is 0 Å². The van der Waals surface area contributed by atoms with Gasteiger partial charge >= 0.3 is 0 Å². The average molecular weight is 281 g/mol. The van der Waals surface area contributed by atoms with Crippen molar-refractivity contribution in [3.8, 4) is 5.75 Å². The number of rotatable bonds is 7. The van der Waals surface area contributed by atoms with Crippen LogP contribution in [-0.2, 0) is 6.42 Å². The first-order valence-electron chi connectivity index (χ1n) is 7.41. The van der Waals surface area contributed by atoms with Crippen molar-refractivity contribution in [3.05, 3.63) is 29.6 Å². The summed E-state index contributed by atoms with van der Waals surface area (Å²) in [5, 5.41) is 3.48. The number of ether oxygens (including phenoxy) is 1. The highest BCUT2D eigenvalue weighted by Crippen LogP contribution is 2.29. The lowest BCUT2D eigenvalue weighted by Gasteiger charge is -2.31. The van der Waals surface area contributed by atoms with Crippen molar-refractivity contribution in [3.63, 3.8) is 0 Å². The van der Waals surface area contributed by atoms with E-state index in [0.717, 1.165) is 31.5 Å². The van der Waals surface area contributed by atoms with Crippen LogP contribution in [0.5, 0.6) is 5.75 Å². The van der Waals surface area contributed by atoms with E-state index in [2.05, 4.69) is 33.0 Å². The second-order valence-electron chi connectivity index (χ2n) is 6.44. The van der Waals surface area contributed by atoms with Gasteiger partial charge in [-0.25, -0.2) is 4.39 Å². The molecule has 1 rings (SSSR count). The molecule has 1 aromatic rings. The van der Waals surface area contributed by atoms with Gasteiger partial charge in [-0.1, -0.05) is 33.8 Å². The summed E-state index contributed by atoms with van der Waals surface area (Å²) in [7, 11) is 1.49. The Morgan fingerprint density at radius 1 is 1.30 bits per heavy atom. The zero-order chi connectivity index (χ0) is 15.2. The van der Waals surface area contributed by atoms with E-state index in [1.807, 2.05) is 6.07 Å². The Kier molecular flexibility index (Phi) is 6.47. The van der Waals surface area contributed by atoms with Crippen molar-refractivity contribution < 1.29 is 9.13 Å². The largest absolute Gasteiger partial charge is 0.494 e. The molecular weight excluding hydrogens is 253 g/mol. The first-order valence-corrected chi connectivity index (χ1v) is 7.41. The van der Waals surface area contributed by atoms with E-state index in [1.54, 1.807) is 12.1 Å². The predicted molar refractivity (Wildman–Crippen MR) is 82.8 cm³/mol. The lowest BCUT2D eigenvalue weighted by molar-refractivity contribution is 0.231. The molecule has 0 saturated carbocycles. The van der Waals surface area contributed by atoms with Gasteiger partial charge in [-0.05, 0) is 55.0 Å². The Morgan fingerprint density at radius 2 is 2.00 bits per heavy atom. The van der Waals surface area contributed by atoms with E-state index in [-0.39, 0.29) is 11.2 Å². The van der Waals surface area contributed by atoms with Gasteiger partial charge < -0.3 is 10.1 Å². The summed E-state index contributed by atoms with van der Waals surface area (Å²) in [4.78, 5) is 0. The molecule has 0 amide bonds. The second-order valence-corrected chi connectivity index (χ2v) is 6.44. The molecule has 0 aliphatic rings. The molecule has 0 saturated heterocycles. The number of methoxy groups -OCH3 is 1. The number of hydrogen-bond donors (Lipinski definition) is 1. The molecule has 0 spiro atoms. The van der Waals surface area contributed by atoms with Gasteiger partial charge in [0.1, 0.15) is 0 Å². The van der Waals surface area contributed by atoms with E-state index in [0.29, 0.717) is 11.7 Å². The summed E-state index contributed by atoms with van der Waals surface area (Å²) in [6.07, 6.45) is 2.01. The molecule has 0 fully saturated rings. The van der Waals surface area contributed by atoms with Crippen molar-refractivity contribution in [2.75, 3.05) is 20.2 Å². The van der Waals surface area contributed by atoms with Crippen LogP contribution in [-0.4, -0.2) is 20.2 Å². The topological polar surface area (TPSA) is 21.3 Å². The van der Waals surface area contributed by atoms with Crippen LogP contribution in [0, 0.1) is 17.2 Å². The fraction of sp³-hybridized carbons (Fsp3) is 0.647. The van der Waals surface area contributed by atoms with E-state index in [4.69, 9.17) is 4.74 Å². The fourth-order valence-corrected chi connectivity index (χ4v) is 2.26. The van der Waals surface area contributed by atoms with Gasteiger partial charge in [0.2, 0.25) is 0 Å². The fourth-order valence-electron chi connectivity index (χ4n) is 2.26. The molecular formula is C17H28FNO. The number of benzene rings is 1. The molecule has 114 valence electrons. The molecule has 0 radical (unpaired) electrons. The lowest BCUT2D eigenvalue weighted by atomic mass is 9.77. The van der Waals surface area contributed by atoms with Crippen LogP contribution in [0.15, 0.2) is 18.2 Å². The van der Waals surface area contributed by atoms with Crippen molar-refractivity contribution >= 4 is 0 Å². The monoisotopic (exact) mass is 281 g/mol. The number of halogens is 1. The van der Waals surface area contributed by atoms with Crippen LogP contribution in [0.1, 0.15) is 39.7 Å². The maximum Gasteiger partial charge on any atom is 0.165 e. The van der Waals surface area contributed by atoms with Gasteiger partial charge in [0.05, 0.1) is 7.11 Å². The van der Waals surface area contributed by atoms with Gasteiger partial charge in [0.15, 0.2) is 11.6 Å². The third-order valence-electron chi connectivity index (χ3n) is 3.74. The smallest absolute Gasteiger partial charge is 0.165 e. The third kappa shape index (κ3) is 5.12. The molecule has 20 heavy (non-hydrogen) atoms. The first kappa shape index (κ1) is 17.0. The maximum absolute atomic E-state index is 13.8. The normalized spacial score (nSPS) is 13.3. The molecule has 0 bridgehead atoms. The molecule has 0 aliphatic carbocycles. The predicted octanol–water partition coefficient (Wildman–Crippen LogP) is 4.04. The second kappa shape index (κ2) is 7.63. The van der Waals surface area contributed by atoms with Gasteiger partial charge in [-0.2, -0.15) is 0 Å². The van der Waals surface area contributed by atoms with Gasteiger partial charge in [0, 0.05) is 0 Å². The standard InChI is InChI=1S/C17H28FNO/c1-6-9-19-12-14(17(2,3)4)10-13-7-8-16(20-5)15(18)11-13/h7-8,11,14,19H,6,9-10,12H2,1-5H3.